The fourth-order valence-electron chi connectivity index (χ4n) is 2.60. The molecule has 0 saturated carbocycles. The first-order valence-electron chi connectivity index (χ1n) is 6.61. The van der Waals surface area contributed by atoms with E-state index in [0.29, 0.717) is 19.0 Å². The maximum atomic E-state index is 13.3. The van der Waals surface area contributed by atoms with Crippen molar-refractivity contribution in [1.29, 1.82) is 0 Å². The van der Waals surface area contributed by atoms with Crippen molar-refractivity contribution in [2.75, 3.05) is 6.54 Å². The van der Waals surface area contributed by atoms with Crippen LogP contribution in [0, 0.1) is 5.82 Å². The van der Waals surface area contributed by atoms with Crippen molar-refractivity contribution in [2.45, 2.75) is 38.0 Å². The lowest BCUT2D eigenvalue weighted by Crippen LogP contribution is -2.44. The van der Waals surface area contributed by atoms with Crippen LogP contribution in [0.15, 0.2) is 18.2 Å². The third-order valence-electron chi connectivity index (χ3n) is 3.57. The predicted molar refractivity (Wildman–Crippen MR) is 67.1 cm³/mol. The van der Waals surface area contributed by atoms with Gasteiger partial charge in [-0.2, -0.15) is 13.2 Å². The fraction of sp³-hybridized carbons (Fsp3) is 0.500. The van der Waals surface area contributed by atoms with Crippen molar-refractivity contribution in [3.63, 3.8) is 0 Å². The molecular weight excluding hydrogens is 290 g/mol. The van der Waals surface area contributed by atoms with Crippen LogP contribution in [0.2, 0.25) is 0 Å². The fourth-order valence-corrected chi connectivity index (χ4v) is 2.60. The van der Waals surface area contributed by atoms with E-state index in [1.807, 2.05) is 0 Å². The molecule has 1 saturated heterocycles. The Morgan fingerprint density at radius 2 is 2.00 bits per heavy atom. The Hall–Kier alpha value is -1.63. The summed E-state index contributed by atoms with van der Waals surface area (Å²) in [7, 11) is 0. The van der Waals surface area contributed by atoms with Gasteiger partial charge >= 0.3 is 12.1 Å². The monoisotopic (exact) mass is 305 g/mol. The average molecular weight is 305 g/mol. The van der Waals surface area contributed by atoms with E-state index in [4.69, 9.17) is 5.11 Å². The number of carboxylic acids is 1. The Labute approximate surface area is 119 Å². The van der Waals surface area contributed by atoms with Gasteiger partial charge in [0, 0.05) is 6.54 Å². The van der Waals surface area contributed by atoms with Crippen LogP contribution in [0.4, 0.5) is 17.6 Å². The van der Waals surface area contributed by atoms with Gasteiger partial charge in [-0.15, -0.1) is 0 Å². The summed E-state index contributed by atoms with van der Waals surface area (Å²) in [5, 5.41) is 9.13. The number of halogens is 4. The molecule has 1 aromatic rings. The zero-order valence-corrected chi connectivity index (χ0v) is 11.2. The summed E-state index contributed by atoms with van der Waals surface area (Å²) in [6, 6.07) is 1.60. The number of rotatable bonds is 3. The van der Waals surface area contributed by atoms with Crippen molar-refractivity contribution in [3.8, 4) is 0 Å². The van der Waals surface area contributed by atoms with Crippen LogP contribution < -0.4 is 0 Å². The molecule has 1 aromatic carbocycles. The molecule has 3 nitrogen and oxygen atoms in total. The molecule has 0 spiro atoms. The number of likely N-dealkylation sites (tertiary alicyclic amines) is 1. The van der Waals surface area contributed by atoms with E-state index in [2.05, 4.69) is 0 Å². The van der Waals surface area contributed by atoms with Crippen molar-refractivity contribution in [3.05, 3.63) is 35.1 Å². The third kappa shape index (κ3) is 3.93. The highest BCUT2D eigenvalue weighted by atomic mass is 19.4. The second-order valence-corrected chi connectivity index (χ2v) is 5.17. The number of piperidine rings is 1. The van der Waals surface area contributed by atoms with Crippen LogP contribution in [-0.2, 0) is 17.5 Å². The maximum absolute atomic E-state index is 13.3. The predicted octanol–water partition coefficient (Wildman–Crippen LogP) is 3.28. The van der Waals surface area contributed by atoms with E-state index in [1.54, 1.807) is 4.90 Å². The lowest BCUT2D eigenvalue weighted by Gasteiger charge is -2.33. The molecule has 1 heterocycles. The van der Waals surface area contributed by atoms with Gasteiger partial charge in [0.15, 0.2) is 0 Å². The van der Waals surface area contributed by atoms with Gasteiger partial charge in [-0.3, -0.25) is 9.69 Å². The summed E-state index contributed by atoms with van der Waals surface area (Å²) in [6.07, 6.45) is -2.61. The Morgan fingerprint density at radius 3 is 2.62 bits per heavy atom. The smallest absolute Gasteiger partial charge is 0.416 e. The Bertz CT molecular complexity index is 530. The van der Waals surface area contributed by atoms with Crippen molar-refractivity contribution in [1.82, 2.24) is 4.90 Å². The molecule has 1 aliphatic rings. The van der Waals surface area contributed by atoms with Crippen molar-refractivity contribution in [2.24, 2.45) is 0 Å². The van der Waals surface area contributed by atoms with Crippen LogP contribution in [0.25, 0.3) is 0 Å². The van der Waals surface area contributed by atoms with E-state index >= 15 is 0 Å². The molecule has 2 rings (SSSR count). The summed E-state index contributed by atoms with van der Waals surface area (Å²) < 4.78 is 51.3. The molecule has 0 amide bonds. The highest BCUT2D eigenvalue weighted by Gasteiger charge is 2.32. The number of benzene rings is 1. The SMILES string of the molecule is O=C(O)C1CCCCN1Cc1cc(F)cc(C(F)(F)F)c1. The van der Waals surface area contributed by atoms with Crippen LogP contribution in [0.1, 0.15) is 30.4 Å². The van der Waals surface area contributed by atoms with Crippen LogP contribution in [0.5, 0.6) is 0 Å². The van der Waals surface area contributed by atoms with Crippen molar-refractivity contribution >= 4 is 5.97 Å². The second-order valence-electron chi connectivity index (χ2n) is 5.17. The van der Waals surface area contributed by atoms with Crippen LogP contribution >= 0.6 is 0 Å². The van der Waals surface area contributed by atoms with Gasteiger partial charge in [-0.25, -0.2) is 4.39 Å². The molecule has 21 heavy (non-hydrogen) atoms. The van der Waals surface area contributed by atoms with Gasteiger partial charge in [0.2, 0.25) is 0 Å². The standard InChI is InChI=1S/C14H15F4NO2/c15-11-6-9(5-10(7-11)14(16,17)18)8-19-4-2-1-3-12(19)13(20)21/h5-7,12H,1-4,8H2,(H,20,21). The van der Waals surface area contributed by atoms with Crippen molar-refractivity contribution < 1.29 is 27.5 Å². The van der Waals surface area contributed by atoms with E-state index in [0.717, 1.165) is 25.0 Å². The lowest BCUT2D eigenvalue weighted by molar-refractivity contribution is -0.145. The van der Waals surface area contributed by atoms with E-state index in [1.165, 1.54) is 0 Å². The highest BCUT2D eigenvalue weighted by molar-refractivity contribution is 5.73. The van der Waals surface area contributed by atoms with E-state index in [9.17, 15) is 22.4 Å². The van der Waals surface area contributed by atoms with Gasteiger partial charge in [-0.05, 0) is 43.1 Å². The Morgan fingerprint density at radius 1 is 1.29 bits per heavy atom. The molecule has 1 unspecified atom stereocenters. The largest absolute Gasteiger partial charge is 0.480 e. The first kappa shape index (κ1) is 15.8. The van der Waals surface area contributed by atoms with Crippen LogP contribution in [0.3, 0.4) is 0 Å². The molecular formula is C14H15F4NO2. The average Bonchev–Trinajstić information content (AvgIpc) is 2.37. The molecule has 1 N–H and O–H groups in total. The van der Waals surface area contributed by atoms with Gasteiger partial charge in [0.25, 0.3) is 0 Å². The summed E-state index contributed by atoms with van der Waals surface area (Å²) in [5.41, 5.74) is -0.920. The molecule has 1 fully saturated rings. The minimum Gasteiger partial charge on any atom is -0.480 e. The number of hydrogen-bond donors (Lipinski definition) is 1. The number of carbonyl (C=O) groups is 1. The number of aliphatic carboxylic acids is 1. The normalized spacial score (nSPS) is 20.5. The highest BCUT2D eigenvalue weighted by Crippen LogP contribution is 2.31. The molecule has 0 bridgehead atoms. The van der Waals surface area contributed by atoms with Gasteiger partial charge in [0.05, 0.1) is 5.56 Å². The first-order chi connectivity index (χ1) is 9.77. The summed E-state index contributed by atoms with van der Waals surface area (Å²) in [4.78, 5) is 12.7. The van der Waals surface area contributed by atoms with Gasteiger partial charge < -0.3 is 5.11 Å². The number of hydrogen-bond acceptors (Lipinski definition) is 2. The third-order valence-corrected chi connectivity index (χ3v) is 3.57. The Kier molecular flexibility index (Phi) is 4.51. The molecule has 1 aliphatic heterocycles. The zero-order valence-electron chi connectivity index (χ0n) is 11.2. The van der Waals surface area contributed by atoms with Gasteiger partial charge in [0.1, 0.15) is 11.9 Å². The summed E-state index contributed by atoms with van der Waals surface area (Å²) in [6.45, 7) is 0.479. The topological polar surface area (TPSA) is 40.5 Å². The minimum absolute atomic E-state index is 0.00218. The number of nitrogens with zero attached hydrogens (tertiary/aromatic N) is 1. The van der Waals surface area contributed by atoms with Gasteiger partial charge in [-0.1, -0.05) is 6.42 Å². The van der Waals surface area contributed by atoms with E-state index in [-0.39, 0.29) is 12.1 Å². The molecule has 1 atom stereocenters. The molecule has 0 aromatic heterocycles. The van der Waals surface area contributed by atoms with Crippen LogP contribution in [-0.4, -0.2) is 28.6 Å². The van der Waals surface area contributed by atoms with E-state index < -0.39 is 29.6 Å². The number of carboxylic acid groups (broad SMARTS) is 1. The maximum Gasteiger partial charge on any atom is 0.416 e. The summed E-state index contributed by atoms with van der Waals surface area (Å²) >= 11 is 0. The summed E-state index contributed by atoms with van der Waals surface area (Å²) in [5.74, 6) is -1.97. The molecule has 0 radical (unpaired) electrons. The first-order valence-corrected chi connectivity index (χ1v) is 6.61. The number of alkyl halides is 3. The molecule has 116 valence electrons. The lowest BCUT2D eigenvalue weighted by atomic mass is 10.0. The molecule has 7 heteroatoms. The Balaban J connectivity index is 2.22. The molecule has 0 aliphatic carbocycles. The minimum atomic E-state index is -4.62. The zero-order chi connectivity index (χ0) is 15.6. The quantitative estimate of drug-likeness (QED) is 0.871. The second kappa shape index (κ2) is 6.01.